The van der Waals surface area contributed by atoms with Gasteiger partial charge < -0.3 is 14.3 Å². The molecule has 0 bridgehead atoms. The fourth-order valence-electron chi connectivity index (χ4n) is 4.62. The Labute approximate surface area is 161 Å². The second-order valence-corrected chi connectivity index (χ2v) is 6.67. The van der Waals surface area contributed by atoms with Gasteiger partial charge in [-0.2, -0.15) is 12.0 Å². The summed E-state index contributed by atoms with van der Waals surface area (Å²) in [6, 6.07) is 8.95. The SMILES string of the molecule is CC(=O)C1=C[C-]2CCCN3CCc4c(n1c1ccccc41)[C@H]23.[Y]. The number of Topliss-reactive ketones (excluding diaryl/α,β-unsaturated/α-hetero) is 1. The van der Waals surface area contributed by atoms with E-state index in [9.17, 15) is 4.79 Å². The molecule has 0 spiro atoms. The van der Waals surface area contributed by atoms with Crippen LogP contribution in [0, 0.1) is 5.92 Å². The number of allylic oxidation sites excluding steroid dienone is 1. The zero-order chi connectivity index (χ0) is 14.8. The number of fused-ring (bicyclic) bond motifs is 3. The van der Waals surface area contributed by atoms with E-state index >= 15 is 0 Å². The molecule has 0 unspecified atom stereocenters. The number of benzene rings is 1. The largest absolute Gasteiger partial charge is 0.390 e. The van der Waals surface area contributed by atoms with E-state index in [4.69, 9.17) is 0 Å². The molecular formula is C19H19N2OY-. The number of hydrogen-bond donors (Lipinski definition) is 0. The Morgan fingerprint density at radius 3 is 2.91 bits per heavy atom. The van der Waals surface area contributed by atoms with Crippen molar-refractivity contribution >= 4 is 22.4 Å². The molecular weight excluding hydrogens is 361 g/mol. The third kappa shape index (κ3) is 2.06. The van der Waals surface area contributed by atoms with Crippen molar-refractivity contribution in [2.24, 2.45) is 0 Å². The first-order valence-electron chi connectivity index (χ1n) is 8.20. The summed E-state index contributed by atoms with van der Waals surface area (Å²) in [4.78, 5) is 14.9. The van der Waals surface area contributed by atoms with Gasteiger partial charge in [0.2, 0.25) is 0 Å². The van der Waals surface area contributed by atoms with Crippen molar-refractivity contribution < 1.29 is 37.5 Å². The molecule has 1 aromatic heterocycles. The summed E-state index contributed by atoms with van der Waals surface area (Å²) in [5, 5.41) is 1.33. The van der Waals surface area contributed by atoms with Crippen molar-refractivity contribution in [3.63, 3.8) is 0 Å². The third-order valence-corrected chi connectivity index (χ3v) is 5.48. The molecule has 3 aliphatic heterocycles. The van der Waals surface area contributed by atoms with Gasteiger partial charge in [-0.05, 0) is 31.5 Å². The second kappa shape index (κ2) is 5.58. The maximum Gasteiger partial charge on any atom is 0.0958 e. The molecule has 2 aromatic rings. The van der Waals surface area contributed by atoms with Crippen molar-refractivity contribution in [1.29, 1.82) is 0 Å². The summed E-state index contributed by atoms with van der Waals surface area (Å²) in [5.74, 6) is 1.60. The summed E-state index contributed by atoms with van der Waals surface area (Å²) < 4.78 is 2.25. The smallest absolute Gasteiger partial charge is 0.0958 e. The molecule has 5 rings (SSSR count). The second-order valence-electron chi connectivity index (χ2n) is 6.67. The van der Waals surface area contributed by atoms with Gasteiger partial charge in [-0.25, -0.2) is 0 Å². The average molecular weight is 380 g/mol. The Bertz CT molecular complexity index is 835. The van der Waals surface area contributed by atoms with Crippen LogP contribution >= 0.6 is 0 Å². The molecule has 4 heteroatoms. The average Bonchev–Trinajstić information content (AvgIpc) is 2.88. The number of carbonyl (C=O) groups excluding carboxylic acids is 1. The normalized spacial score (nSPS) is 22.4. The molecule has 0 saturated carbocycles. The monoisotopic (exact) mass is 380 g/mol. The molecule has 23 heavy (non-hydrogen) atoms. The number of rotatable bonds is 1. The van der Waals surface area contributed by atoms with Crippen LogP contribution in [-0.2, 0) is 43.9 Å². The minimum atomic E-state index is 0. The Kier molecular flexibility index (Phi) is 3.79. The van der Waals surface area contributed by atoms with Crippen LogP contribution in [0.15, 0.2) is 30.3 Å². The molecule has 0 amide bonds. The Morgan fingerprint density at radius 2 is 2.09 bits per heavy atom. The van der Waals surface area contributed by atoms with Gasteiger partial charge in [0.1, 0.15) is 0 Å². The standard InChI is InChI=1S/C19H19N2O.Y/c1-12(22)17-11-13-5-4-9-20-10-8-15-14-6-2-3-7-16(14)21(17)19(15)18(13)20;/h2-3,6-7,11,18H,4-5,8-10H2,1H3;/q-1;/t18-;/m0./s1. The molecule has 1 fully saturated rings. The maximum absolute atomic E-state index is 12.3. The van der Waals surface area contributed by atoms with E-state index in [1.165, 1.54) is 41.0 Å². The number of ketones is 1. The van der Waals surface area contributed by atoms with Crippen LogP contribution in [0.3, 0.4) is 0 Å². The van der Waals surface area contributed by atoms with Gasteiger partial charge in [0.05, 0.1) is 5.78 Å². The first-order valence-corrected chi connectivity index (χ1v) is 8.20. The van der Waals surface area contributed by atoms with Gasteiger partial charge >= 0.3 is 0 Å². The van der Waals surface area contributed by atoms with Gasteiger partial charge in [0.25, 0.3) is 0 Å². The van der Waals surface area contributed by atoms with Crippen LogP contribution in [0.4, 0.5) is 0 Å². The molecule has 115 valence electrons. The van der Waals surface area contributed by atoms with E-state index in [-0.39, 0.29) is 38.5 Å². The third-order valence-electron chi connectivity index (χ3n) is 5.48. The molecule has 1 saturated heterocycles. The topological polar surface area (TPSA) is 25.2 Å². The Balaban J connectivity index is 0.00000135. The maximum atomic E-state index is 12.3. The van der Waals surface area contributed by atoms with E-state index in [2.05, 4.69) is 39.8 Å². The van der Waals surface area contributed by atoms with Crippen molar-refractivity contribution in [3.8, 4) is 0 Å². The van der Waals surface area contributed by atoms with Gasteiger partial charge in [-0.1, -0.05) is 36.7 Å². The molecule has 0 aliphatic carbocycles. The van der Waals surface area contributed by atoms with Crippen LogP contribution in [0.5, 0.6) is 0 Å². The fraction of sp³-hybridized carbons (Fsp3) is 0.368. The predicted octanol–water partition coefficient (Wildman–Crippen LogP) is 3.35. The molecule has 4 heterocycles. The van der Waals surface area contributed by atoms with Crippen molar-refractivity contribution in [3.05, 3.63) is 47.5 Å². The molecule has 3 nitrogen and oxygen atoms in total. The van der Waals surface area contributed by atoms with Gasteiger partial charge in [-0.3, -0.25) is 0 Å². The zero-order valence-electron chi connectivity index (χ0n) is 13.4. The van der Waals surface area contributed by atoms with Gasteiger partial charge in [0, 0.05) is 61.9 Å². The van der Waals surface area contributed by atoms with Crippen LogP contribution in [0.1, 0.15) is 37.1 Å². The van der Waals surface area contributed by atoms with E-state index in [1.807, 2.05) is 0 Å². The Hall–Kier alpha value is -0.896. The number of nitrogens with zero attached hydrogens (tertiary/aromatic N) is 2. The number of carbonyl (C=O) groups is 1. The molecule has 3 aliphatic rings. The Morgan fingerprint density at radius 1 is 1.26 bits per heavy atom. The summed E-state index contributed by atoms with van der Waals surface area (Å²) in [6.45, 7) is 4.01. The summed E-state index contributed by atoms with van der Waals surface area (Å²) in [6.07, 6.45) is 5.60. The summed E-state index contributed by atoms with van der Waals surface area (Å²) >= 11 is 0. The molecule has 1 radical (unpaired) electrons. The van der Waals surface area contributed by atoms with Crippen molar-refractivity contribution in [2.75, 3.05) is 13.1 Å². The first-order chi connectivity index (χ1) is 10.8. The number of aromatic nitrogens is 1. The van der Waals surface area contributed by atoms with Gasteiger partial charge in [-0.15, -0.1) is 0 Å². The number of para-hydroxylation sites is 1. The van der Waals surface area contributed by atoms with Crippen LogP contribution < -0.4 is 0 Å². The van der Waals surface area contributed by atoms with E-state index < -0.39 is 0 Å². The van der Waals surface area contributed by atoms with Crippen molar-refractivity contribution in [1.82, 2.24) is 9.47 Å². The van der Waals surface area contributed by atoms with Crippen LogP contribution in [-0.4, -0.2) is 28.3 Å². The molecule has 0 N–H and O–H groups in total. The van der Waals surface area contributed by atoms with Crippen LogP contribution in [0.25, 0.3) is 16.6 Å². The molecule has 1 atom stereocenters. The predicted molar refractivity (Wildman–Crippen MR) is 87.4 cm³/mol. The quantitative estimate of drug-likeness (QED) is 0.709. The minimum absolute atomic E-state index is 0. The summed E-state index contributed by atoms with van der Waals surface area (Å²) in [7, 11) is 0. The van der Waals surface area contributed by atoms with E-state index in [0.717, 1.165) is 25.1 Å². The van der Waals surface area contributed by atoms with Crippen molar-refractivity contribution in [2.45, 2.75) is 32.2 Å². The minimum Gasteiger partial charge on any atom is -0.390 e. The molecule has 1 aromatic carbocycles. The zero-order valence-corrected chi connectivity index (χ0v) is 16.2. The fourth-order valence-corrected chi connectivity index (χ4v) is 4.62. The number of hydrogen-bond acceptors (Lipinski definition) is 2. The summed E-state index contributed by atoms with van der Waals surface area (Å²) in [5.41, 5.74) is 4.88. The van der Waals surface area contributed by atoms with E-state index in [1.54, 1.807) is 6.92 Å². The van der Waals surface area contributed by atoms with Crippen LogP contribution in [0.2, 0.25) is 0 Å². The number of piperidine rings is 1. The first kappa shape index (κ1) is 15.6. The van der Waals surface area contributed by atoms with Gasteiger partial charge in [0.15, 0.2) is 0 Å². The van der Waals surface area contributed by atoms with E-state index in [0.29, 0.717) is 6.04 Å².